The van der Waals surface area contributed by atoms with Crippen molar-refractivity contribution in [3.05, 3.63) is 59.5 Å². The molecule has 0 aliphatic carbocycles. The molecule has 0 amide bonds. The fourth-order valence-corrected chi connectivity index (χ4v) is 2.96. The lowest BCUT2D eigenvalue weighted by Gasteiger charge is -2.24. The third-order valence-corrected chi connectivity index (χ3v) is 4.39. The SMILES string of the molecule is CCCNc1cc(/C2=C(\c3ccc(F)cc3)N=CCC[C@@H](CO)N2)ccn1. The fraction of sp³-hybridized carbons (Fsp3) is 0.333. The molecule has 1 atom stereocenters. The number of halogens is 1. The van der Waals surface area contributed by atoms with E-state index in [0.29, 0.717) is 0 Å². The van der Waals surface area contributed by atoms with E-state index in [4.69, 9.17) is 0 Å². The molecule has 0 spiro atoms. The molecule has 5 nitrogen and oxygen atoms in total. The molecule has 0 radical (unpaired) electrons. The van der Waals surface area contributed by atoms with E-state index in [1.54, 1.807) is 18.3 Å². The van der Waals surface area contributed by atoms with Crippen molar-refractivity contribution in [3.63, 3.8) is 0 Å². The van der Waals surface area contributed by atoms with Crippen molar-refractivity contribution in [2.45, 2.75) is 32.2 Å². The largest absolute Gasteiger partial charge is 0.394 e. The predicted octanol–water partition coefficient (Wildman–Crippen LogP) is 3.68. The highest BCUT2D eigenvalue weighted by molar-refractivity contribution is 5.92. The Morgan fingerprint density at radius 1 is 1.22 bits per heavy atom. The van der Waals surface area contributed by atoms with Gasteiger partial charge in [0.15, 0.2) is 0 Å². The summed E-state index contributed by atoms with van der Waals surface area (Å²) in [6.07, 6.45) is 6.16. The summed E-state index contributed by atoms with van der Waals surface area (Å²) in [5.41, 5.74) is 3.26. The molecule has 0 fully saturated rings. The van der Waals surface area contributed by atoms with E-state index in [1.807, 2.05) is 18.3 Å². The number of rotatable bonds is 6. The maximum Gasteiger partial charge on any atom is 0.126 e. The molecule has 1 aliphatic heterocycles. The van der Waals surface area contributed by atoms with Gasteiger partial charge in [-0.15, -0.1) is 0 Å². The van der Waals surface area contributed by atoms with Crippen molar-refractivity contribution in [2.75, 3.05) is 18.5 Å². The number of nitrogens with zero attached hydrogens (tertiary/aromatic N) is 2. The van der Waals surface area contributed by atoms with Crippen molar-refractivity contribution in [3.8, 4) is 0 Å². The Morgan fingerprint density at radius 2 is 2.04 bits per heavy atom. The second-order valence-electron chi connectivity index (χ2n) is 6.50. The monoisotopic (exact) mass is 368 g/mol. The van der Waals surface area contributed by atoms with Crippen LogP contribution >= 0.6 is 0 Å². The Morgan fingerprint density at radius 3 is 2.78 bits per heavy atom. The lowest BCUT2D eigenvalue weighted by Crippen LogP contribution is -2.32. The minimum atomic E-state index is -0.285. The molecule has 142 valence electrons. The van der Waals surface area contributed by atoms with Crippen LogP contribution in [0.15, 0.2) is 47.6 Å². The van der Waals surface area contributed by atoms with Crippen LogP contribution in [-0.2, 0) is 0 Å². The van der Waals surface area contributed by atoms with Crippen molar-refractivity contribution in [2.24, 2.45) is 4.99 Å². The van der Waals surface area contributed by atoms with Crippen LogP contribution in [0.2, 0.25) is 0 Å². The Labute approximate surface area is 159 Å². The van der Waals surface area contributed by atoms with Crippen LogP contribution in [0.25, 0.3) is 11.4 Å². The summed E-state index contributed by atoms with van der Waals surface area (Å²) >= 11 is 0. The molecule has 1 aromatic carbocycles. The zero-order valence-corrected chi connectivity index (χ0v) is 15.5. The molecule has 2 heterocycles. The van der Waals surface area contributed by atoms with Crippen molar-refractivity contribution in [1.82, 2.24) is 10.3 Å². The zero-order chi connectivity index (χ0) is 19.1. The van der Waals surface area contributed by atoms with Crippen LogP contribution in [0, 0.1) is 5.82 Å². The first kappa shape index (κ1) is 19.0. The third kappa shape index (κ3) is 4.92. The molecule has 2 aromatic rings. The second-order valence-corrected chi connectivity index (χ2v) is 6.50. The number of hydrogen-bond donors (Lipinski definition) is 3. The number of aliphatic hydroxyl groups excluding tert-OH is 1. The standard InChI is InChI=1S/C21H25FN4O/c1-2-10-23-19-13-16(9-12-24-19)21-20(15-5-7-17(22)8-6-15)25-11-3-4-18(14-27)26-21/h5-9,11-13,18,26-27H,2-4,10,14H2,1H3,(H,23,24)/b21-20-,25-11?/t18-/m0/s1. The van der Waals surface area contributed by atoms with Crippen LogP contribution in [0.4, 0.5) is 10.2 Å². The van der Waals surface area contributed by atoms with Crippen molar-refractivity contribution < 1.29 is 9.50 Å². The van der Waals surface area contributed by atoms with Gasteiger partial charge in [-0.25, -0.2) is 9.37 Å². The topological polar surface area (TPSA) is 69.5 Å². The summed E-state index contributed by atoms with van der Waals surface area (Å²) in [6, 6.07) is 10.1. The first-order valence-corrected chi connectivity index (χ1v) is 9.31. The first-order chi connectivity index (χ1) is 13.2. The third-order valence-electron chi connectivity index (χ3n) is 4.39. The van der Waals surface area contributed by atoms with E-state index >= 15 is 0 Å². The lowest BCUT2D eigenvalue weighted by atomic mass is 10.0. The average Bonchev–Trinajstić information content (AvgIpc) is 2.68. The minimum Gasteiger partial charge on any atom is -0.394 e. The lowest BCUT2D eigenvalue weighted by molar-refractivity contribution is 0.249. The Bertz CT molecular complexity index is 817. The Hall–Kier alpha value is -2.73. The van der Waals surface area contributed by atoms with Crippen LogP contribution < -0.4 is 10.6 Å². The summed E-state index contributed by atoms with van der Waals surface area (Å²) in [5.74, 6) is 0.501. The molecule has 1 aliphatic rings. The summed E-state index contributed by atoms with van der Waals surface area (Å²) < 4.78 is 13.4. The summed E-state index contributed by atoms with van der Waals surface area (Å²) in [7, 11) is 0. The molecule has 0 unspecified atom stereocenters. The molecular weight excluding hydrogens is 343 g/mol. The van der Waals surface area contributed by atoms with Crippen LogP contribution in [0.5, 0.6) is 0 Å². The molecule has 27 heavy (non-hydrogen) atoms. The number of benzene rings is 1. The molecule has 0 saturated heterocycles. The second kappa shape index (κ2) is 9.28. The Balaban J connectivity index is 2.09. The van der Waals surface area contributed by atoms with E-state index in [-0.39, 0.29) is 18.5 Å². The molecule has 6 heteroatoms. The highest BCUT2D eigenvalue weighted by atomic mass is 19.1. The van der Waals surface area contributed by atoms with Gasteiger partial charge in [0.1, 0.15) is 11.6 Å². The molecule has 1 aromatic heterocycles. The van der Waals surface area contributed by atoms with Gasteiger partial charge in [0, 0.05) is 36.1 Å². The first-order valence-electron chi connectivity index (χ1n) is 9.31. The quantitative estimate of drug-likeness (QED) is 0.727. The zero-order valence-electron chi connectivity index (χ0n) is 15.5. The van der Waals surface area contributed by atoms with E-state index in [2.05, 4.69) is 27.5 Å². The maximum atomic E-state index is 13.4. The number of aliphatic imine (C=N–C) groups is 1. The number of aliphatic hydroxyl groups is 1. The molecule has 3 N–H and O–H groups in total. The van der Waals surface area contributed by atoms with Gasteiger partial charge in [0.25, 0.3) is 0 Å². The van der Waals surface area contributed by atoms with Gasteiger partial charge in [-0.1, -0.05) is 6.92 Å². The van der Waals surface area contributed by atoms with Crippen LogP contribution in [-0.4, -0.2) is 35.5 Å². The number of hydrogen-bond acceptors (Lipinski definition) is 5. The molecule has 0 bridgehead atoms. The van der Waals surface area contributed by atoms with Gasteiger partial charge in [-0.3, -0.25) is 4.99 Å². The average molecular weight is 368 g/mol. The van der Waals surface area contributed by atoms with E-state index in [0.717, 1.165) is 54.1 Å². The van der Waals surface area contributed by atoms with Gasteiger partial charge in [-0.05, 0) is 55.7 Å². The fourth-order valence-electron chi connectivity index (χ4n) is 2.96. The van der Waals surface area contributed by atoms with Gasteiger partial charge in [0.2, 0.25) is 0 Å². The van der Waals surface area contributed by atoms with Crippen LogP contribution in [0.3, 0.4) is 0 Å². The normalized spacial score (nSPS) is 19.9. The Kier molecular flexibility index (Phi) is 6.54. The number of nitrogens with one attached hydrogen (secondary N) is 2. The van der Waals surface area contributed by atoms with Crippen LogP contribution in [0.1, 0.15) is 37.3 Å². The maximum absolute atomic E-state index is 13.4. The number of aromatic nitrogens is 1. The highest BCUT2D eigenvalue weighted by Crippen LogP contribution is 2.28. The molecule has 3 rings (SSSR count). The summed E-state index contributed by atoms with van der Waals surface area (Å²) in [5, 5.41) is 16.5. The van der Waals surface area contributed by atoms with E-state index in [9.17, 15) is 9.50 Å². The van der Waals surface area contributed by atoms with Crippen molar-refractivity contribution in [1.29, 1.82) is 0 Å². The summed E-state index contributed by atoms with van der Waals surface area (Å²) in [4.78, 5) is 9.01. The smallest absolute Gasteiger partial charge is 0.126 e. The van der Waals surface area contributed by atoms with E-state index in [1.165, 1.54) is 12.1 Å². The number of pyridine rings is 1. The van der Waals surface area contributed by atoms with E-state index < -0.39 is 0 Å². The van der Waals surface area contributed by atoms with Gasteiger partial charge in [-0.2, -0.15) is 0 Å². The summed E-state index contributed by atoms with van der Waals surface area (Å²) in [6.45, 7) is 2.97. The van der Waals surface area contributed by atoms with Crippen molar-refractivity contribution >= 4 is 23.4 Å². The predicted molar refractivity (Wildman–Crippen MR) is 108 cm³/mol. The van der Waals surface area contributed by atoms with Gasteiger partial charge in [0.05, 0.1) is 18.0 Å². The number of anilines is 1. The minimum absolute atomic E-state index is 0.0278. The molecular formula is C21H25FN4O. The van der Waals surface area contributed by atoms with Gasteiger partial charge >= 0.3 is 0 Å². The highest BCUT2D eigenvalue weighted by Gasteiger charge is 2.18. The van der Waals surface area contributed by atoms with Gasteiger partial charge < -0.3 is 15.7 Å². The molecule has 0 saturated carbocycles.